The Morgan fingerprint density at radius 1 is 0.892 bits per heavy atom. The predicted octanol–water partition coefficient (Wildman–Crippen LogP) is 3.72. The summed E-state index contributed by atoms with van der Waals surface area (Å²) in [7, 11) is 0. The van der Waals surface area contributed by atoms with E-state index in [2.05, 4.69) is 9.88 Å². The van der Waals surface area contributed by atoms with E-state index in [9.17, 15) is 9.59 Å². The van der Waals surface area contributed by atoms with Crippen molar-refractivity contribution in [3.63, 3.8) is 0 Å². The second-order valence-corrected chi connectivity index (χ2v) is 8.95. The second kappa shape index (κ2) is 9.94. The van der Waals surface area contributed by atoms with E-state index in [1.54, 1.807) is 29.2 Å². The number of ether oxygens (including phenoxy) is 3. The van der Waals surface area contributed by atoms with Crippen molar-refractivity contribution in [3.05, 3.63) is 77.9 Å². The molecular weight excluding hydrogens is 474 g/mol. The third-order valence-electron chi connectivity index (χ3n) is 6.57. The number of esters is 1. The van der Waals surface area contributed by atoms with Crippen LogP contribution in [0.1, 0.15) is 15.9 Å². The van der Waals surface area contributed by atoms with Gasteiger partial charge in [0.05, 0.1) is 11.1 Å². The number of carbonyl (C=O) groups excluding carboxylic acids is 2. The quantitative estimate of drug-likeness (QED) is 0.371. The maximum absolute atomic E-state index is 12.9. The minimum atomic E-state index is -0.590. The maximum atomic E-state index is 12.9. The molecule has 0 aliphatic carbocycles. The molecule has 4 aromatic rings. The minimum Gasteiger partial charge on any atom is -0.454 e. The molecule has 1 saturated heterocycles. The molecule has 0 radical (unpaired) electrons. The molecule has 0 spiro atoms. The Morgan fingerprint density at radius 3 is 2.54 bits per heavy atom. The Kier molecular flexibility index (Phi) is 6.20. The molecule has 3 heterocycles. The van der Waals surface area contributed by atoms with Crippen molar-refractivity contribution in [2.24, 2.45) is 0 Å². The van der Waals surface area contributed by atoms with E-state index in [1.807, 2.05) is 42.5 Å². The average Bonchev–Trinajstić information content (AvgIpc) is 3.59. The van der Waals surface area contributed by atoms with Crippen LogP contribution in [0.2, 0.25) is 0 Å². The van der Waals surface area contributed by atoms with Crippen molar-refractivity contribution in [3.8, 4) is 23.0 Å². The third kappa shape index (κ3) is 4.85. The summed E-state index contributed by atoms with van der Waals surface area (Å²) in [4.78, 5) is 34.2. The largest absolute Gasteiger partial charge is 0.454 e. The molecule has 9 heteroatoms. The lowest BCUT2D eigenvalue weighted by Crippen LogP contribution is -2.49. The Morgan fingerprint density at radius 2 is 1.68 bits per heavy atom. The maximum Gasteiger partial charge on any atom is 0.339 e. The fraction of sp³-hybridized carbons (Fsp3) is 0.250. The van der Waals surface area contributed by atoms with Crippen molar-refractivity contribution in [2.45, 2.75) is 6.54 Å². The van der Waals surface area contributed by atoms with Gasteiger partial charge in [0.25, 0.3) is 5.91 Å². The van der Waals surface area contributed by atoms with Crippen LogP contribution in [0.3, 0.4) is 0 Å². The Hall–Kier alpha value is -4.37. The molecule has 1 amide bonds. The van der Waals surface area contributed by atoms with Gasteiger partial charge in [-0.25, -0.2) is 9.78 Å². The zero-order valence-electron chi connectivity index (χ0n) is 20.1. The van der Waals surface area contributed by atoms with Crippen LogP contribution < -0.4 is 9.47 Å². The Balaban J connectivity index is 1.03. The van der Waals surface area contributed by atoms with Gasteiger partial charge in [-0.15, -0.1) is 0 Å². The van der Waals surface area contributed by atoms with E-state index in [0.717, 1.165) is 36.7 Å². The number of benzene rings is 3. The molecular formula is C28H25N3O6. The lowest BCUT2D eigenvalue weighted by atomic mass is 10.1. The second-order valence-electron chi connectivity index (χ2n) is 8.95. The van der Waals surface area contributed by atoms with E-state index in [-0.39, 0.29) is 19.3 Å². The molecule has 2 aliphatic heterocycles. The summed E-state index contributed by atoms with van der Waals surface area (Å²) in [6.45, 7) is 3.31. The predicted molar refractivity (Wildman–Crippen MR) is 134 cm³/mol. The number of nitrogens with zero attached hydrogens (tertiary/aromatic N) is 3. The third-order valence-corrected chi connectivity index (χ3v) is 6.57. The van der Waals surface area contributed by atoms with Gasteiger partial charge < -0.3 is 23.5 Å². The molecule has 188 valence electrons. The van der Waals surface area contributed by atoms with Crippen molar-refractivity contribution < 1.29 is 28.2 Å². The topological polar surface area (TPSA) is 94.3 Å². The molecule has 6 rings (SSSR count). The number of amides is 1. The van der Waals surface area contributed by atoms with Crippen LogP contribution in [-0.2, 0) is 16.1 Å². The van der Waals surface area contributed by atoms with Crippen LogP contribution in [0.5, 0.6) is 11.5 Å². The van der Waals surface area contributed by atoms with Crippen LogP contribution in [-0.4, -0.2) is 66.2 Å². The van der Waals surface area contributed by atoms with Crippen molar-refractivity contribution in [1.29, 1.82) is 0 Å². The SMILES string of the molecule is O=C(OCC(=O)N1CCN(Cc2ccc3c(c2)OCO3)CC1)c1ccccc1-c1nc2ccccc2o1. The number of para-hydroxylation sites is 2. The number of oxazole rings is 1. The van der Waals surface area contributed by atoms with Gasteiger partial charge in [-0.05, 0) is 42.0 Å². The fourth-order valence-electron chi connectivity index (χ4n) is 4.58. The van der Waals surface area contributed by atoms with E-state index in [1.165, 1.54) is 0 Å². The zero-order valence-corrected chi connectivity index (χ0v) is 20.1. The van der Waals surface area contributed by atoms with Gasteiger partial charge in [0, 0.05) is 32.7 Å². The highest BCUT2D eigenvalue weighted by molar-refractivity contribution is 5.97. The Bertz CT molecular complexity index is 1420. The summed E-state index contributed by atoms with van der Waals surface area (Å²) >= 11 is 0. The molecule has 0 N–H and O–H groups in total. The molecule has 0 unspecified atom stereocenters. The summed E-state index contributed by atoms with van der Waals surface area (Å²) in [6.07, 6.45) is 0. The lowest BCUT2D eigenvalue weighted by molar-refractivity contribution is -0.136. The zero-order chi connectivity index (χ0) is 25.2. The van der Waals surface area contributed by atoms with E-state index < -0.39 is 5.97 Å². The first-order valence-electron chi connectivity index (χ1n) is 12.1. The fourth-order valence-corrected chi connectivity index (χ4v) is 4.58. The number of hydrogen-bond donors (Lipinski definition) is 0. The molecule has 0 atom stereocenters. The average molecular weight is 500 g/mol. The number of piperazine rings is 1. The number of fused-ring (bicyclic) bond motifs is 2. The molecule has 1 aromatic heterocycles. The smallest absolute Gasteiger partial charge is 0.339 e. The molecule has 2 aliphatic rings. The summed E-state index contributed by atoms with van der Waals surface area (Å²) in [5.74, 6) is 1.07. The summed E-state index contributed by atoms with van der Waals surface area (Å²) < 4.78 is 22.1. The number of carbonyl (C=O) groups is 2. The van der Waals surface area contributed by atoms with Gasteiger partial charge in [-0.1, -0.05) is 30.3 Å². The highest BCUT2D eigenvalue weighted by Gasteiger charge is 2.24. The van der Waals surface area contributed by atoms with Crippen LogP contribution in [0.15, 0.2) is 71.1 Å². The van der Waals surface area contributed by atoms with Crippen LogP contribution in [0.25, 0.3) is 22.6 Å². The van der Waals surface area contributed by atoms with Crippen molar-refractivity contribution in [2.75, 3.05) is 39.6 Å². The van der Waals surface area contributed by atoms with E-state index >= 15 is 0 Å². The first-order valence-corrected chi connectivity index (χ1v) is 12.1. The van der Waals surface area contributed by atoms with Gasteiger partial charge >= 0.3 is 5.97 Å². The molecule has 0 bridgehead atoms. The molecule has 3 aromatic carbocycles. The number of rotatable bonds is 6. The molecule has 37 heavy (non-hydrogen) atoms. The highest BCUT2D eigenvalue weighted by atomic mass is 16.7. The standard InChI is InChI=1S/C28H25N3O6/c32-26(31-13-11-30(12-14-31)16-19-9-10-24-25(15-19)36-18-35-24)17-34-28(33)21-6-2-1-5-20(21)27-29-22-7-3-4-8-23(22)37-27/h1-10,15H,11-14,16-18H2. The van der Waals surface area contributed by atoms with E-state index in [0.29, 0.717) is 41.2 Å². The Labute approximate surface area is 213 Å². The first kappa shape index (κ1) is 23.1. The lowest BCUT2D eigenvalue weighted by Gasteiger charge is -2.34. The summed E-state index contributed by atoms with van der Waals surface area (Å²) in [5, 5.41) is 0. The van der Waals surface area contributed by atoms with Crippen LogP contribution in [0, 0.1) is 0 Å². The van der Waals surface area contributed by atoms with Gasteiger partial charge in [-0.3, -0.25) is 9.69 Å². The normalized spacial score (nSPS) is 15.2. The molecule has 9 nitrogen and oxygen atoms in total. The van der Waals surface area contributed by atoms with Gasteiger partial charge in [-0.2, -0.15) is 0 Å². The van der Waals surface area contributed by atoms with Gasteiger partial charge in [0.15, 0.2) is 23.7 Å². The summed E-state index contributed by atoms with van der Waals surface area (Å²) in [5.41, 5.74) is 3.29. The van der Waals surface area contributed by atoms with Crippen molar-refractivity contribution in [1.82, 2.24) is 14.8 Å². The first-order chi connectivity index (χ1) is 18.1. The van der Waals surface area contributed by atoms with E-state index in [4.69, 9.17) is 18.6 Å². The number of hydrogen-bond acceptors (Lipinski definition) is 8. The van der Waals surface area contributed by atoms with Crippen LogP contribution in [0.4, 0.5) is 0 Å². The highest BCUT2D eigenvalue weighted by Crippen LogP contribution is 2.33. The van der Waals surface area contributed by atoms with Crippen molar-refractivity contribution >= 4 is 23.0 Å². The van der Waals surface area contributed by atoms with Crippen LogP contribution >= 0.6 is 0 Å². The monoisotopic (exact) mass is 499 g/mol. The van der Waals surface area contributed by atoms with Gasteiger partial charge in [0.2, 0.25) is 12.7 Å². The summed E-state index contributed by atoms with van der Waals surface area (Å²) in [6, 6.07) is 20.3. The molecule has 0 saturated carbocycles. The van der Waals surface area contributed by atoms with Gasteiger partial charge in [0.1, 0.15) is 5.52 Å². The minimum absolute atomic E-state index is 0.213. The molecule has 1 fully saturated rings. The number of aromatic nitrogens is 1.